The maximum atomic E-state index is 11.3. The van der Waals surface area contributed by atoms with Crippen molar-refractivity contribution in [2.75, 3.05) is 43.1 Å². The molecule has 1 saturated heterocycles. The summed E-state index contributed by atoms with van der Waals surface area (Å²) in [4.78, 5) is 26.0. The summed E-state index contributed by atoms with van der Waals surface area (Å²) in [6.07, 6.45) is 0.676. The molecule has 1 aliphatic heterocycles. The van der Waals surface area contributed by atoms with Gasteiger partial charge < -0.3 is 14.5 Å². The van der Waals surface area contributed by atoms with Crippen molar-refractivity contribution in [1.82, 2.24) is 0 Å². The van der Waals surface area contributed by atoms with Crippen LogP contribution in [0.25, 0.3) is 0 Å². The first-order valence-electron chi connectivity index (χ1n) is 8.00. The number of nitro benzene ring substituents is 1. The molecule has 3 rings (SSSR count). The lowest BCUT2D eigenvalue weighted by Crippen LogP contribution is -2.47. The first-order valence-corrected chi connectivity index (χ1v) is 8.00. The van der Waals surface area contributed by atoms with E-state index in [-0.39, 0.29) is 5.69 Å². The highest BCUT2D eigenvalue weighted by atomic mass is 16.6. The van der Waals surface area contributed by atoms with Crippen LogP contribution in [0.5, 0.6) is 5.75 Å². The molecule has 0 aromatic heterocycles. The molecule has 0 saturated carbocycles. The standard InChI is InChI=1S/C18H19N3O4/c1-25-18-5-3-2-4-17(18)20-10-8-19(9-11-20)16-7-6-15(21(23)24)12-14(16)13-22/h2-7,12-13H,8-11H2,1H3. The predicted molar refractivity (Wildman–Crippen MR) is 95.9 cm³/mol. The van der Waals surface area contributed by atoms with E-state index in [4.69, 9.17) is 4.74 Å². The van der Waals surface area contributed by atoms with E-state index in [1.165, 1.54) is 12.1 Å². The number of hydrogen-bond donors (Lipinski definition) is 0. The van der Waals surface area contributed by atoms with Crippen molar-refractivity contribution < 1.29 is 14.5 Å². The van der Waals surface area contributed by atoms with Crippen LogP contribution in [0, 0.1) is 10.1 Å². The number of carbonyl (C=O) groups is 1. The Balaban J connectivity index is 1.76. The largest absolute Gasteiger partial charge is 0.495 e. The van der Waals surface area contributed by atoms with Gasteiger partial charge in [-0.05, 0) is 18.2 Å². The number of nitro groups is 1. The number of aldehydes is 1. The Bertz CT molecular complexity index is 786. The average Bonchev–Trinajstić information content (AvgIpc) is 2.67. The van der Waals surface area contributed by atoms with Crippen molar-refractivity contribution in [3.05, 3.63) is 58.1 Å². The second-order valence-electron chi connectivity index (χ2n) is 5.76. The summed E-state index contributed by atoms with van der Waals surface area (Å²) in [5.41, 5.74) is 2.06. The number of methoxy groups -OCH3 is 1. The predicted octanol–water partition coefficient (Wildman–Crippen LogP) is 2.74. The minimum Gasteiger partial charge on any atom is -0.495 e. The molecule has 0 aliphatic carbocycles. The third-order valence-electron chi connectivity index (χ3n) is 4.40. The zero-order valence-corrected chi connectivity index (χ0v) is 13.9. The first-order chi connectivity index (χ1) is 12.1. The van der Waals surface area contributed by atoms with Crippen LogP contribution in [-0.4, -0.2) is 44.5 Å². The van der Waals surface area contributed by atoms with Crippen LogP contribution in [-0.2, 0) is 0 Å². The molecule has 2 aromatic carbocycles. The fourth-order valence-corrected chi connectivity index (χ4v) is 3.12. The van der Waals surface area contributed by atoms with E-state index < -0.39 is 4.92 Å². The number of piperazine rings is 1. The summed E-state index contributed by atoms with van der Waals surface area (Å²) < 4.78 is 5.42. The molecule has 2 aromatic rings. The van der Waals surface area contributed by atoms with Gasteiger partial charge in [0.25, 0.3) is 5.69 Å². The molecule has 1 aliphatic rings. The number of carbonyl (C=O) groups excluding carboxylic acids is 1. The summed E-state index contributed by atoms with van der Waals surface area (Å²) in [5, 5.41) is 10.9. The van der Waals surface area contributed by atoms with Crippen LogP contribution in [0.1, 0.15) is 10.4 Å². The Morgan fingerprint density at radius 3 is 2.28 bits per heavy atom. The van der Waals surface area contributed by atoms with E-state index in [0.29, 0.717) is 11.8 Å². The second-order valence-corrected chi connectivity index (χ2v) is 5.76. The van der Waals surface area contributed by atoms with E-state index in [1.54, 1.807) is 13.2 Å². The third-order valence-corrected chi connectivity index (χ3v) is 4.40. The molecular formula is C18H19N3O4. The number of nitrogens with zero attached hydrogens (tertiary/aromatic N) is 3. The Labute approximate surface area is 145 Å². The zero-order chi connectivity index (χ0) is 17.8. The second kappa shape index (κ2) is 7.21. The maximum Gasteiger partial charge on any atom is 0.270 e. The lowest BCUT2D eigenvalue weighted by molar-refractivity contribution is -0.384. The van der Waals surface area contributed by atoms with Gasteiger partial charge in [-0.1, -0.05) is 12.1 Å². The monoisotopic (exact) mass is 341 g/mol. The number of non-ortho nitro benzene ring substituents is 1. The van der Waals surface area contributed by atoms with Gasteiger partial charge in [0.05, 0.1) is 17.7 Å². The highest BCUT2D eigenvalue weighted by Gasteiger charge is 2.22. The summed E-state index contributed by atoms with van der Waals surface area (Å²) in [6, 6.07) is 12.3. The van der Waals surface area contributed by atoms with Crippen LogP contribution >= 0.6 is 0 Å². The molecule has 25 heavy (non-hydrogen) atoms. The molecular weight excluding hydrogens is 322 g/mol. The van der Waals surface area contributed by atoms with Crippen LogP contribution in [0.15, 0.2) is 42.5 Å². The summed E-state index contributed by atoms with van der Waals surface area (Å²) in [7, 11) is 1.66. The van der Waals surface area contributed by atoms with E-state index in [9.17, 15) is 14.9 Å². The van der Waals surface area contributed by atoms with E-state index in [2.05, 4.69) is 9.80 Å². The van der Waals surface area contributed by atoms with E-state index in [0.717, 1.165) is 43.3 Å². The van der Waals surface area contributed by atoms with Crippen LogP contribution < -0.4 is 14.5 Å². The van der Waals surface area contributed by atoms with Crippen LogP contribution in [0.3, 0.4) is 0 Å². The van der Waals surface area contributed by atoms with Gasteiger partial charge in [0.1, 0.15) is 5.75 Å². The molecule has 0 N–H and O–H groups in total. The Hall–Kier alpha value is -3.09. The van der Waals surface area contributed by atoms with Gasteiger partial charge in [0, 0.05) is 49.6 Å². The molecule has 0 unspecified atom stereocenters. The number of anilines is 2. The smallest absolute Gasteiger partial charge is 0.270 e. The zero-order valence-electron chi connectivity index (χ0n) is 13.9. The van der Waals surface area contributed by atoms with Gasteiger partial charge in [-0.2, -0.15) is 0 Å². The van der Waals surface area contributed by atoms with Crippen molar-refractivity contribution in [1.29, 1.82) is 0 Å². The highest BCUT2D eigenvalue weighted by Crippen LogP contribution is 2.30. The number of para-hydroxylation sites is 2. The minimum absolute atomic E-state index is 0.0708. The van der Waals surface area contributed by atoms with Crippen molar-refractivity contribution in [2.45, 2.75) is 0 Å². The van der Waals surface area contributed by atoms with Gasteiger partial charge in [0.15, 0.2) is 6.29 Å². The summed E-state index contributed by atoms with van der Waals surface area (Å²) in [5.74, 6) is 0.833. The summed E-state index contributed by atoms with van der Waals surface area (Å²) in [6.45, 7) is 2.98. The van der Waals surface area contributed by atoms with Crippen molar-refractivity contribution in [3.8, 4) is 5.75 Å². The molecule has 0 atom stereocenters. The lowest BCUT2D eigenvalue weighted by atomic mass is 10.1. The molecule has 0 spiro atoms. The topological polar surface area (TPSA) is 75.9 Å². The van der Waals surface area contributed by atoms with Gasteiger partial charge in [0.2, 0.25) is 0 Å². The number of hydrogen-bond acceptors (Lipinski definition) is 6. The Morgan fingerprint density at radius 2 is 1.68 bits per heavy atom. The van der Waals surface area contributed by atoms with Gasteiger partial charge >= 0.3 is 0 Å². The molecule has 0 radical (unpaired) electrons. The van der Waals surface area contributed by atoms with Gasteiger partial charge in [-0.15, -0.1) is 0 Å². The molecule has 1 heterocycles. The molecule has 7 nitrogen and oxygen atoms in total. The van der Waals surface area contributed by atoms with Crippen LogP contribution in [0.4, 0.5) is 17.1 Å². The van der Waals surface area contributed by atoms with Crippen molar-refractivity contribution in [2.24, 2.45) is 0 Å². The minimum atomic E-state index is -0.490. The maximum absolute atomic E-state index is 11.3. The van der Waals surface area contributed by atoms with Crippen LogP contribution in [0.2, 0.25) is 0 Å². The number of benzene rings is 2. The molecule has 0 amide bonds. The molecule has 1 fully saturated rings. The fourth-order valence-electron chi connectivity index (χ4n) is 3.12. The third kappa shape index (κ3) is 3.40. The molecule has 7 heteroatoms. The van der Waals surface area contributed by atoms with E-state index >= 15 is 0 Å². The van der Waals surface area contributed by atoms with E-state index in [1.807, 2.05) is 24.3 Å². The van der Waals surface area contributed by atoms with Crippen molar-refractivity contribution >= 4 is 23.3 Å². The molecule has 130 valence electrons. The number of ether oxygens (including phenoxy) is 1. The number of rotatable bonds is 5. The van der Waals surface area contributed by atoms with Gasteiger partial charge in [-0.25, -0.2) is 0 Å². The fraction of sp³-hybridized carbons (Fsp3) is 0.278. The Kier molecular flexibility index (Phi) is 4.83. The lowest BCUT2D eigenvalue weighted by Gasteiger charge is -2.38. The van der Waals surface area contributed by atoms with Gasteiger partial charge in [-0.3, -0.25) is 14.9 Å². The average molecular weight is 341 g/mol. The van der Waals surface area contributed by atoms with Crippen molar-refractivity contribution in [3.63, 3.8) is 0 Å². The first kappa shape index (κ1) is 16.8. The quantitative estimate of drug-likeness (QED) is 0.473. The highest BCUT2D eigenvalue weighted by molar-refractivity contribution is 5.86. The molecule has 0 bridgehead atoms. The summed E-state index contributed by atoms with van der Waals surface area (Å²) >= 11 is 0. The normalized spacial score (nSPS) is 14.3. The Morgan fingerprint density at radius 1 is 1.04 bits per heavy atom. The SMILES string of the molecule is COc1ccccc1N1CCN(c2ccc([N+](=O)[O-])cc2C=O)CC1.